The second-order valence-corrected chi connectivity index (χ2v) is 4.96. The maximum absolute atomic E-state index is 11.7. The number of pyridine rings is 1. The minimum atomic E-state index is -0.621. The van der Waals surface area contributed by atoms with Gasteiger partial charge in [0.1, 0.15) is 5.69 Å². The highest BCUT2D eigenvalue weighted by Crippen LogP contribution is 2.17. The zero-order valence-corrected chi connectivity index (χ0v) is 11.3. The van der Waals surface area contributed by atoms with Crippen LogP contribution in [-0.4, -0.2) is 29.5 Å². The Morgan fingerprint density at radius 1 is 1.30 bits per heavy atom. The van der Waals surface area contributed by atoms with E-state index in [1.807, 2.05) is 0 Å². The second-order valence-electron chi connectivity index (χ2n) is 4.96. The van der Waals surface area contributed by atoms with E-state index in [9.17, 15) is 9.59 Å². The molecule has 6 heteroatoms. The van der Waals surface area contributed by atoms with Gasteiger partial charge in [-0.25, -0.2) is 9.78 Å². The average Bonchev–Trinajstić information content (AvgIpc) is 2.46. The van der Waals surface area contributed by atoms with Gasteiger partial charge in [0.2, 0.25) is 0 Å². The Kier molecular flexibility index (Phi) is 4.92. The third-order valence-electron chi connectivity index (χ3n) is 3.30. The van der Waals surface area contributed by atoms with Gasteiger partial charge in [0.15, 0.2) is 6.61 Å². The molecule has 1 aromatic rings. The second kappa shape index (κ2) is 6.88. The number of hydrogen-bond acceptors (Lipinski definition) is 5. The van der Waals surface area contributed by atoms with E-state index in [4.69, 9.17) is 10.5 Å². The molecule has 1 amide bonds. The summed E-state index contributed by atoms with van der Waals surface area (Å²) in [5.41, 5.74) is 6.09. The van der Waals surface area contributed by atoms with Crippen LogP contribution in [0.25, 0.3) is 0 Å². The molecule has 1 saturated carbocycles. The van der Waals surface area contributed by atoms with Crippen LogP contribution in [0.3, 0.4) is 0 Å². The lowest BCUT2D eigenvalue weighted by atomic mass is 9.95. The fourth-order valence-corrected chi connectivity index (χ4v) is 2.25. The van der Waals surface area contributed by atoms with Crippen LogP contribution in [0.15, 0.2) is 18.3 Å². The molecule has 1 aromatic heterocycles. The summed E-state index contributed by atoms with van der Waals surface area (Å²) in [7, 11) is 0. The van der Waals surface area contributed by atoms with Crippen LogP contribution < -0.4 is 11.1 Å². The highest BCUT2D eigenvalue weighted by molar-refractivity contribution is 5.89. The Morgan fingerprint density at radius 3 is 2.70 bits per heavy atom. The summed E-state index contributed by atoms with van der Waals surface area (Å²) in [5, 5.41) is 2.88. The van der Waals surface area contributed by atoms with Crippen molar-refractivity contribution in [2.45, 2.75) is 38.1 Å². The first-order valence-electron chi connectivity index (χ1n) is 6.83. The van der Waals surface area contributed by atoms with Crippen molar-refractivity contribution in [2.24, 2.45) is 0 Å². The number of carbonyl (C=O) groups is 2. The van der Waals surface area contributed by atoms with Crippen LogP contribution in [0, 0.1) is 0 Å². The number of hydrogen-bond donors (Lipinski definition) is 2. The number of nitrogens with zero attached hydrogens (tertiary/aromatic N) is 1. The van der Waals surface area contributed by atoms with Gasteiger partial charge >= 0.3 is 5.97 Å². The predicted octanol–water partition coefficient (Wildman–Crippen LogP) is 1.27. The molecule has 6 nitrogen and oxygen atoms in total. The third kappa shape index (κ3) is 4.22. The summed E-state index contributed by atoms with van der Waals surface area (Å²) in [5.74, 6) is -0.885. The Morgan fingerprint density at radius 2 is 2.05 bits per heavy atom. The molecule has 0 atom stereocenters. The van der Waals surface area contributed by atoms with Crippen molar-refractivity contribution in [3.8, 4) is 0 Å². The first-order chi connectivity index (χ1) is 9.65. The molecular weight excluding hydrogens is 258 g/mol. The van der Waals surface area contributed by atoms with Gasteiger partial charge in [-0.2, -0.15) is 0 Å². The summed E-state index contributed by atoms with van der Waals surface area (Å²) in [6, 6.07) is 3.24. The molecule has 20 heavy (non-hydrogen) atoms. The van der Waals surface area contributed by atoms with Gasteiger partial charge in [-0.15, -0.1) is 0 Å². The summed E-state index contributed by atoms with van der Waals surface area (Å²) in [6.07, 6.45) is 6.88. The van der Waals surface area contributed by atoms with Gasteiger partial charge in [-0.05, 0) is 25.0 Å². The van der Waals surface area contributed by atoms with Gasteiger partial charge in [0, 0.05) is 6.04 Å². The number of anilines is 1. The van der Waals surface area contributed by atoms with Crippen molar-refractivity contribution < 1.29 is 14.3 Å². The number of ether oxygens (including phenoxy) is 1. The molecule has 0 spiro atoms. The average molecular weight is 277 g/mol. The number of aromatic nitrogens is 1. The largest absolute Gasteiger partial charge is 0.451 e. The number of nitrogen functional groups attached to an aromatic ring is 1. The quantitative estimate of drug-likeness (QED) is 0.808. The number of nitrogens with one attached hydrogen (secondary N) is 1. The highest BCUT2D eigenvalue weighted by atomic mass is 16.5. The van der Waals surface area contributed by atoms with Crippen LogP contribution in [-0.2, 0) is 9.53 Å². The van der Waals surface area contributed by atoms with Gasteiger partial charge in [-0.1, -0.05) is 19.3 Å². The molecule has 0 aromatic carbocycles. The number of nitrogens with two attached hydrogens (primary N) is 1. The van der Waals surface area contributed by atoms with E-state index in [0.29, 0.717) is 5.69 Å². The molecule has 2 rings (SSSR count). The number of esters is 1. The lowest BCUT2D eigenvalue weighted by Crippen LogP contribution is -2.38. The van der Waals surface area contributed by atoms with Crippen molar-refractivity contribution in [1.82, 2.24) is 10.3 Å². The van der Waals surface area contributed by atoms with Crippen LogP contribution in [0.1, 0.15) is 42.6 Å². The van der Waals surface area contributed by atoms with Crippen molar-refractivity contribution in [1.29, 1.82) is 0 Å². The minimum Gasteiger partial charge on any atom is -0.451 e. The van der Waals surface area contributed by atoms with E-state index < -0.39 is 5.97 Å². The van der Waals surface area contributed by atoms with Crippen LogP contribution in [0.5, 0.6) is 0 Å². The minimum absolute atomic E-state index is 0.143. The smallest absolute Gasteiger partial charge is 0.357 e. The molecule has 108 valence electrons. The van der Waals surface area contributed by atoms with Gasteiger partial charge in [-0.3, -0.25) is 4.79 Å². The lowest BCUT2D eigenvalue weighted by molar-refractivity contribution is -0.125. The molecule has 0 unspecified atom stereocenters. The van der Waals surface area contributed by atoms with Crippen LogP contribution in [0.2, 0.25) is 0 Å². The third-order valence-corrected chi connectivity index (χ3v) is 3.30. The SMILES string of the molecule is Nc1ccc(C(=O)OCC(=O)NC2CCCCC2)nc1. The molecular formula is C14H19N3O3. The van der Waals surface area contributed by atoms with E-state index >= 15 is 0 Å². The van der Waals surface area contributed by atoms with E-state index in [0.717, 1.165) is 25.7 Å². The Bertz CT molecular complexity index is 467. The molecule has 0 aliphatic heterocycles. The molecule has 0 saturated heterocycles. The first kappa shape index (κ1) is 14.3. The zero-order valence-electron chi connectivity index (χ0n) is 11.3. The summed E-state index contributed by atoms with van der Waals surface area (Å²) in [4.78, 5) is 27.2. The van der Waals surface area contributed by atoms with Crippen LogP contribution >= 0.6 is 0 Å². The summed E-state index contributed by atoms with van der Waals surface area (Å²) in [6.45, 7) is -0.276. The number of carbonyl (C=O) groups excluding carboxylic acids is 2. The molecule has 1 heterocycles. The summed E-state index contributed by atoms with van der Waals surface area (Å²) < 4.78 is 4.92. The van der Waals surface area contributed by atoms with E-state index in [-0.39, 0.29) is 24.2 Å². The highest BCUT2D eigenvalue weighted by Gasteiger charge is 2.17. The standard InChI is InChI=1S/C14H19N3O3/c15-10-6-7-12(16-8-10)14(19)20-9-13(18)17-11-4-2-1-3-5-11/h6-8,11H,1-5,9,15H2,(H,17,18). The van der Waals surface area contributed by atoms with Gasteiger partial charge in [0.05, 0.1) is 11.9 Å². The maximum atomic E-state index is 11.7. The molecule has 1 fully saturated rings. The lowest BCUT2D eigenvalue weighted by Gasteiger charge is -2.22. The fourth-order valence-electron chi connectivity index (χ4n) is 2.25. The van der Waals surface area contributed by atoms with Gasteiger partial charge < -0.3 is 15.8 Å². The van der Waals surface area contributed by atoms with Gasteiger partial charge in [0.25, 0.3) is 5.91 Å². The molecule has 0 bridgehead atoms. The van der Waals surface area contributed by atoms with E-state index in [1.54, 1.807) is 6.07 Å². The Labute approximate surface area is 117 Å². The monoisotopic (exact) mass is 277 g/mol. The fraction of sp³-hybridized carbons (Fsp3) is 0.500. The topological polar surface area (TPSA) is 94.3 Å². The number of amides is 1. The Hall–Kier alpha value is -2.11. The first-order valence-corrected chi connectivity index (χ1v) is 6.83. The molecule has 0 radical (unpaired) electrons. The number of rotatable bonds is 4. The Balaban J connectivity index is 1.75. The normalized spacial score (nSPS) is 15.6. The van der Waals surface area contributed by atoms with Crippen molar-refractivity contribution in [3.05, 3.63) is 24.0 Å². The van der Waals surface area contributed by atoms with E-state index in [2.05, 4.69) is 10.3 Å². The maximum Gasteiger partial charge on any atom is 0.357 e. The van der Waals surface area contributed by atoms with Crippen molar-refractivity contribution >= 4 is 17.6 Å². The van der Waals surface area contributed by atoms with Crippen molar-refractivity contribution in [3.63, 3.8) is 0 Å². The molecule has 1 aliphatic carbocycles. The molecule has 1 aliphatic rings. The molecule has 3 N–H and O–H groups in total. The summed E-state index contributed by atoms with van der Waals surface area (Å²) >= 11 is 0. The van der Waals surface area contributed by atoms with Crippen LogP contribution in [0.4, 0.5) is 5.69 Å². The van der Waals surface area contributed by atoms with E-state index in [1.165, 1.54) is 18.7 Å². The predicted molar refractivity (Wildman–Crippen MR) is 73.9 cm³/mol. The zero-order chi connectivity index (χ0) is 14.4. The van der Waals surface area contributed by atoms with Crippen molar-refractivity contribution in [2.75, 3.05) is 12.3 Å².